The van der Waals surface area contributed by atoms with Crippen molar-refractivity contribution in [2.45, 2.75) is 25.4 Å². The van der Waals surface area contributed by atoms with Gasteiger partial charge in [0.2, 0.25) is 0 Å². The molecule has 2 aromatic rings. The average molecular weight is 405 g/mol. The van der Waals surface area contributed by atoms with Crippen molar-refractivity contribution >= 4 is 21.6 Å². The molecule has 1 aliphatic heterocycles. The topological polar surface area (TPSA) is 33.7 Å². The Bertz CT molecular complexity index is 683. The molecule has 5 heteroatoms. The van der Waals surface area contributed by atoms with E-state index in [1.165, 1.54) is 5.56 Å². The Morgan fingerprint density at radius 3 is 2.40 bits per heavy atom. The summed E-state index contributed by atoms with van der Waals surface area (Å²) in [5, 5.41) is 3.63. The summed E-state index contributed by atoms with van der Waals surface area (Å²) in [6.07, 6.45) is 2.28. The maximum absolute atomic E-state index is 5.49. The number of piperidine rings is 1. The summed E-state index contributed by atoms with van der Waals surface area (Å²) in [4.78, 5) is 2.50. The summed E-state index contributed by atoms with van der Waals surface area (Å²) in [7, 11) is 3.43. The lowest BCUT2D eigenvalue weighted by atomic mass is 10.0. The Balaban J connectivity index is 1.52. The summed E-state index contributed by atoms with van der Waals surface area (Å²) in [6.45, 7) is 3.10. The van der Waals surface area contributed by atoms with E-state index >= 15 is 0 Å². The first-order chi connectivity index (χ1) is 12.2. The van der Waals surface area contributed by atoms with Gasteiger partial charge in [0.15, 0.2) is 0 Å². The molecule has 3 rings (SSSR count). The third-order valence-corrected chi connectivity index (χ3v) is 5.18. The molecular formula is C20H25BrN2O2. The quantitative estimate of drug-likeness (QED) is 0.765. The Morgan fingerprint density at radius 2 is 1.76 bits per heavy atom. The van der Waals surface area contributed by atoms with Gasteiger partial charge in [-0.05, 0) is 55.3 Å². The van der Waals surface area contributed by atoms with Crippen LogP contribution in [0.3, 0.4) is 0 Å². The van der Waals surface area contributed by atoms with Crippen LogP contribution in [0.5, 0.6) is 11.5 Å². The molecule has 4 nitrogen and oxygen atoms in total. The van der Waals surface area contributed by atoms with Gasteiger partial charge in [-0.2, -0.15) is 0 Å². The minimum absolute atomic E-state index is 0.522. The van der Waals surface area contributed by atoms with Gasteiger partial charge in [-0.15, -0.1) is 0 Å². The highest BCUT2D eigenvalue weighted by atomic mass is 79.9. The number of benzene rings is 2. The Morgan fingerprint density at radius 1 is 1.04 bits per heavy atom. The van der Waals surface area contributed by atoms with Crippen LogP contribution in [0.15, 0.2) is 46.9 Å². The van der Waals surface area contributed by atoms with E-state index in [-0.39, 0.29) is 0 Å². The summed E-state index contributed by atoms with van der Waals surface area (Å²) in [5.41, 5.74) is 2.39. The molecule has 2 aromatic carbocycles. The van der Waals surface area contributed by atoms with Crippen LogP contribution in [0, 0.1) is 0 Å². The maximum atomic E-state index is 5.49. The molecule has 0 atom stereocenters. The van der Waals surface area contributed by atoms with Crippen molar-refractivity contribution in [1.82, 2.24) is 4.90 Å². The molecule has 1 heterocycles. The smallest absolute Gasteiger partial charge is 0.123 e. The number of halogens is 1. The first-order valence-electron chi connectivity index (χ1n) is 8.63. The highest BCUT2D eigenvalue weighted by Gasteiger charge is 2.20. The van der Waals surface area contributed by atoms with E-state index in [0.717, 1.165) is 54.1 Å². The van der Waals surface area contributed by atoms with Crippen LogP contribution < -0.4 is 14.8 Å². The maximum Gasteiger partial charge on any atom is 0.123 e. The Hall–Kier alpha value is -1.72. The molecule has 0 bridgehead atoms. The normalized spacial score (nSPS) is 15.8. The number of anilines is 1. The average Bonchev–Trinajstić information content (AvgIpc) is 2.64. The zero-order chi connectivity index (χ0) is 17.6. The van der Waals surface area contributed by atoms with Crippen molar-refractivity contribution in [3.8, 4) is 11.5 Å². The lowest BCUT2D eigenvalue weighted by molar-refractivity contribution is 0.209. The van der Waals surface area contributed by atoms with Gasteiger partial charge in [0.1, 0.15) is 11.5 Å². The highest BCUT2D eigenvalue weighted by Crippen LogP contribution is 2.26. The number of hydrogen-bond acceptors (Lipinski definition) is 4. The molecule has 0 radical (unpaired) electrons. The minimum atomic E-state index is 0.522. The summed E-state index contributed by atoms with van der Waals surface area (Å²) >= 11 is 3.55. The SMILES string of the molecule is COc1ccc(NC2CCN(Cc3cc(Br)ccc3OC)CC2)cc1. The van der Waals surface area contributed by atoms with Gasteiger partial charge in [-0.1, -0.05) is 15.9 Å². The van der Waals surface area contributed by atoms with Gasteiger partial charge in [0.25, 0.3) is 0 Å². The lowest BCUT2D eigenvalue weighted by Gasteiger charge is -2.33. The Labute approximate surface area is 158 Å². The molecule has 0 amide bonds. The number of methoxy groups -OCH3 is 2. The molecule has 134 valence electrons. The standard InChI is InChI=1S/C20H25BrN2O2/c1-24-19-6-4-17(5-7-19)22-18-9-11-23(12-10-18)14-15-13-16(21)3-8-20(15)25-2/h3-8,13,18,22H,9-12,14H2,1-2H3. The monoisotopic (exact) mass is 404 g/mol. The molecule has 1 saturated heterocycles. The number of hydrogen-bond donors (Lipinski definition) is 1. The van der Waals surface area contributed by atoms with Crippen molar-refractivity contribution in [3.63, 3.8) is 0 Å². The fourth-order valence-corrected chi connectivity index (χ4v) is 3.68. The molecule has 1 fully saturated rings. The van der Waals surface area contributed by atoms with E-state index < -0.39 is 0 Å². The molecular weight excluding hydrogens is 380 g/mol. The fraction of sp³-hybridized carbons (Fsp3) is 0.400. The molecule has 0 aliphatic carbocycles. The predicted molar refractivity (Wildman–Crippen MR) is 106 cm³/mol. The first-order valence-corrected chi connectivity index (χ1v) is 9.42. The van der Waals surface area contributed by atoms with Crippen molar-refractivity contribution in [1.29, 1.82) is 0 Å². The zero-order valence-corrected chi connectivity index (χ0v) is 16.4. The van der Waals surface area contributed by atoms with Crippen molar-refractivity contribution in [2.75, 3.05) is 32.6 Å². The fourth-order valence-electron chi connectivity index (χ4n) is 3.27. The number of nitrogens with one attached hydrogen (secondary N) is 1. The predicted octanol–water partition coefficient (Wildman–Crippen LogP) is 4.54. The Kier molecular flexibility index (Phi) is 6.21. The van der Waals surface area contributed by atoms with E-state index in [9.17, 15) is 0 Å². The van der Waals surface area contributed by atoms with Crippen LogP contribution in [-0.4, -0.2) is 38.3 Å². The van der Waals surface area contributed by atoms with Gasteiger partial charge >= 0.3 is 0 Å². The third kappa shape index (κ3) is 4.89. The molecule has 25 heavy (non-hydrogen) atoms. The molecule has 0 unspecified atom stereocenters. The van der Waals surface area contributed by atoms with Crippen LogP contribution in [-0.2, 0) is 6.54 Å². The van der Waals surface area contributed by atoms with Gasteiger partial charge < -0.3 is 14.8 Å². The first kappa shape index (κ1) is 18.1. The van der Waals surface area contributed by atoms with Gasteiger partial charge in [-0.3, -0.25) is 4.90 Å². The zero-order valence-electron chi connectivity index (χ0n) is 14.8. The highest BCUT2D eigenvalue weighted by molar-refractivity contribution is 9.10. The summed E-state index contributed by atoms with van der Waals surface area (Å²) < 4.78 is 11.8. The molecule has 1 N–H and O–H groups in total. The van der Waals surface area contributed by atoms with E-state index in [1.807, 2.05) is 24.3 Å². The van der Waals surface area contributed by atoms with Crippen molar-refractivity contribution in [3.05, 3.63) is 52.5 Å². The largest absolute Gasteiger partial charge is 0.497 e. The van der Waals surface area contributed by atoms with E-state index in [1.54, 1.807) is 14.2 Å². The molecule has 0 spiro atoms. The van der Waals surface area contributed by atoms with Crippen LogP contribution >= 0.6 is 15.9 Å². The van der Waals surface area contributed by atoms with Crippen molar-refractivity contribution < 1.29 is 9.47 Å². The van der Waals surface area contributed by atoms with Gasteiger partial charge in [0.05, 0.1) is 14.2 Å². The van der Waals surface area contributed by atoms with E-state index in [4.69, 9.17) is 9.47 Å². The second-order valence-corrected chi connectivity index (χ2v) is 7.30. The lowest BCUT2D eigenvalue weighted by Crippen LogP contribution is -2.38. The van der Waals surface area contributed by atoms with Crippen LogP contribution in [0.2, 0.25) is 0 Å². The number of nitrogens with zero attached hydrogens (tertiary/aromatic N) is 1. The van der Waals surface area contributed by atoms with Crippen LogP contribution in [0.25, 0.3) is 0 Å². The molecule has 1 aliphatic rings. The number of ether oxygens (including phenoxy) is 2. The summed E-state index contributed by atoms with van der Waals surface area (Å²) in [6, 6.07) is 14.9. The van der Waals surface area contributed by atoms with Crippen molar-refractivity contribution in [2.24, 2.45) is 0 Å². The summed E-state index contributed by atoms with van der Waals surface area (Å²) in [5.74, 6) is 1.85. The third-order valence-electron chi connectivity index (χ3n) is 4.68. The minimum Gasteiger partial charge on any atom is -0.497 e. The second-order valence-electron chi connectivity index (χ2n) is 6.38. The number of rotatable bonds is 6. The second kappa shape index (κ2) is 8.59. The van der Waals surface area contributed by atoms with Crippen LogP contribution in [0.1, 0.15) is 18.4 Å². The van der Waals surface area contributed by atoms with Gasteiger partial charge in [-0.25, -0.2) is 0 Å². The number of likely N-dealkylation sites (tertiary alicyclic amines) is 1. The molecule has 0 saturated carbocycles. The van der Waals surface area contributed by atoms with Gasteiger partial charge in [0, 0.05) is 41.4 Å². The van der Waals surface area contributed by atoms with Crippen LogP contribution in [0.4, 0.5) is 5.69 Å². The van der Waals surface area contributed by atoms with E-state index in [2.05, 4.69) is 44.3 Å². The molecule has 0 aromatic heterocycles. The van der Waals surface area contributed by atoms with E-state index in [0.29, 0.717) is 6.04 Å².